The topological polar surface area (TPSA) is 66.2 Å². The third-order valence-electron chi connectivity index (χ3n) is 12.6. The average Bonchev–Trinajstić information content (AvgIpc) is 3.55. The minimum absolute atomic E-state index is 0.000160. The van der Waals surface area contributed by atoms with Crippen molar-refractivity contribution in [2.75, 3.05) is 33.9 Å². The third-order valence-corrected chi connectivity index (χ3v) is 12.6. The standard InChI is InChI=1S/C32H40N2O5/c1-18-23(19(2)39-33-18)15-37-14-22-12-30-9-10-32(22,36-4)28-31(30)16-29(17-34(27(29)30)13-20-5-6-20)11-21-7-8-24(35-3)26(38-28)25(21)31/h7-8,20,22,27-28H,5-6,9-17H2,1-4H3. The fourth-order valence-electron chi connectivity index (χ4n) is 11.3. The lowest BCUT2D eigenvalue weighted by molar-refractivity contribution is -0.260. The molecule has 7 atom stereocenters. The van der Waals surface area contributed by atoms with Crippen molar-refractivity contribution in [3.05, 3.63) is 40.3 Å². The zero-order chi connectivity index (χ0) is 26.4. The van der Waals surface area contributed by atoms with E-state index in [4.69, 9.17) is 23.5 Å². The molecule has 7 nitrogen and oxygen atoms in total. The number of likely N-dealkylation sites (tertiary alicyclic amines) is 1. The van der Waals surface area contributed by atoms with Gasteiger partial charge in [-0.1, -0.05) is 11.2 Å². The van der Waals surface area contributed by atoms with Crippen LogP contribution in [0.15, 0.2) is 16.7 Å². The molecule has 3 spiro atoms. The van der Waals surface area contributed by atoms with Gasteiger partial charge in [0.15, 0.2) is 11.5 Å². The van der Waals surface area contributed by atoms with Crippen LogP contribution in [0.4, 0.5) is 0 Å². The maximum atomic E-state index is 7.19. The summed E-state index contributed by atoms with van der Waals surface area (Å²) in [6.07, 6.45) is 8.63. The van der Waals surface area contributed by atoms with Crippen molar-refractivity contribution in [1.29, 1.82) is 0 Å². The van der Waals surface area contributed by atoms with E-state index in [1.165, 1.54) is 56.3 Å². The second kappa shape index (κ2) is 7.40. The van der Waals surface area contributed by atoms with E-state index in [0.717, 1.165) is 47.3 Å². The van der Waals surface area contributed by atoms with Gasteiger partial charge in [-0.05, 0) is 76.3 Å². The fourth-order valence-corrected chi connectivity index (χ4v) is 11.3. The number of rotatable bonds is 8. The number of fused-ring (bicyclic) bond motifs is 2. The first-order chi connectivity index (χ1) is 18.9. The number of ether oxygens (including phenoxy) is 4. The Morgan fingerprint density at radius 3 is 2.77 bits per heavy atom. The van der Waals surface area contributed by atoms with E-state index in [9.17, 15) is 0 Å². The smallest absolute Gasteiger partial charge is 0.165 e. The van der Waals surface area contributed by atoms with Gasteiger partial charge >= 0.3 is 0 Å². The predicted molar refractivity (Wildman–Crippen MR) is 143 cm³/mol. The zero-order valence-corrected chi connectivity index (χ0v) is 23.7. The number of hydrogen-bond donors (Lipinski definition) is 0. The first-order valence-corrected chi connectivity index (χ1v) is 15.1. The van der Waals surface area contributed by atoms with Crippen LogP contribution in [0.3, 0.4) is 0 Å². The molecule has 8 aliphatic rings. The van der Waals surface area contributed by atoms with Crippen LogP contribution in [0.1, 0.15) is 66.7 Å². The number of aryl methyl sites for hydroxylation is 2. The molecule has 1 aromatic carbocycles. The molecule has 39 heavy (non-hydrogen) atoms. The Balaban J connectivity index is 1.16. The van der Waals surface area contributed by atoms with Crippen molar-refractivity contribution in [2.45, 2.75) is 88.6 Å². The average molecular weight is 533 g/mol. The Morgan fingerprint density at radius 1 is 1.15 bits per heavy atom. The van der Waals surface area contributed by atoms with Crippen molar-refractivity contribution >= 4 is 0 Å². The van der Waals surface area contributed by atoms with Crippen molar-refractivity contribution < 1.29 is 23.5 Å². The van der Waals surface area contributed by atoms with Gasteiger partial charge in [-0.3, -0.25) is 4.90 Å². The van der Waals surface area contributed by atoms with Gasteiger partial charge in [-0.2, -0.15) is 0 Å². The maximum absolute atomic E-state index is 7.19. The molecule has 10 rings (SSSR count). The first kappa shape index (κ1) is 23.6. The zero-order valence-electron chi connectivity index (χ0n) is 23.7. The molecule has 2 aliphatic heterocycles. The van der Waals surface area contributed by atoms with Crippen molar-refractivity contribution in [1.82, 2.24) is 10.1 Å². The highest BCUT2D eigenvalue weighted by Gasteiger charge is 2.87. The minimum atomic E-state index is -0.370. The van der Waals surface area contributed by atoms with Gasteiger partial charge in [0.2, 0.25) is 0 Å². The Labute approximate surface area is 230 Å². The summed E-state index contributed by atoms with van der Waals surface area (Å²) in [5, 5.41) is 4.13. The van der Waals surface area contributed by atoms with E-state index < -0.39 is 0 Å². The Hall–Kier alpha value is -2.09. The van der Waals surface area contributed by atoms with Crippen LogP contribution in [-0.2, 0) is 27.9 Å². The molecule has 0 radical (unpaired) electrons. The molecular formula is C32H40N2O5. The number of nitrogens with zero attached hydrogens (tertiary/aromatic N) is 2. The normalized spacial score (nSPS) is 42.2. The summed E-state index contributed by atoms with van der Waals surface area (Å²) in [6, 6.07) is 5.14. The number of aromatic nitrogens is 1. The summed E-state index contributed by atoms with van der Waals surface area (Å²) in [5.41, 5.74) is 5.16. The highest BCUT2D eigenvalue weighted by Crippen LogP contribution is 2.83. The Morgan fingerprint density at radius 2 is 2.03 bits per heavy atom. The molecule has 208 valence electrons. The molecule has 7 unspecified atom stereocenters. The molecule has 3 heterocycles. The predicted octanol–water partition coefficient (Wildman–Crippen LogP) is 4.74. The van der Waals surface area contributed by atoms with Crippen LogP contribution in [0.2, 0.25) is 0 Å². The van der Waals surface area contributed by atoms with Crippen LogP contribution in [-0.4, -0.2) is 61.7 Å². The summed E-state index contributed by atoms with van der Waals surface area (Å²) >= 11 is 0. The molecule has 0 amide bonds. The van der Waals surface area contributed by atoms with E-state index in [-0.39, 0.29) is 28.5 Å². The molecule has 0 N–H and O–H groups in total. The van der Waals surface area contributed by atoms with E-state index >= 15 is 0 Å². The van der Waals surface area contributed by atoms with Crippen molar-refractivity contribution in [2.24, 2.45) is 22.7 Å². The van der Waals surface area contributed by atoms with Gasteiger partial charge in [0.1, 0.15) is 17.5 Å². The van der Waals surface area contributed by atoms with E-state index in [2.05, 4.69) is 22.2 Å². The summed E-state index contributed by atoms with van der Waals surface area (Å²) in [5.74, 6) is 3.92. The van der Waals surface area contributed by atoms with Crippen LogP contribution >= 0.6 is 0 Å². The lowest BCUT2D eigenvalue weighted by Crippen LogP contribution is -2.76. The molecule has 1 saturated heterocycles. The van der Waals surface area contributed by atoms with Gasteiger partial charge in [-0.25, -0.2) is 0 Å². The molecule has 6 aliphatic carbocycles. The van der Waals surface area contributed by atoms with E-state index in [1.54, 1.807) is 7.11 Å². The molecule has 5 saturated carbocycles. The van der Waals surface area contributed by atoms with Gasteiger partial charge in [0, 0.05) is 59.5 Å². The van der Waals surface area contributed by atoms with Gasteiger partial charge in [-0.15, -0.1) is 0 Å². The number of benzene rings is 1. The maximum Gasteiger partial charge on any atom is 0.165 e. The largest absolute Gasteiger partial charge is 0.493 e. The highest BCUT2D eigenvalue weighted by molar-refractivity contribution is 5.65. The Kier molecular flexibility index (Phi) is 4.48. The van der Waals surface area contributed by atoms with Crippen LogP contribution in [0.5, 0.6) is 11.5 Å². The molecule has 1 aromatic heterocycles. The van der Waals surface area contributed by atoms with E-state index in [0.29, 0.717) is 24.7 Å². The summed E-state index contributed by atoms with van der Waals surface area (Å²) in [7, 11) is 3.70. The number of hydrogen-bond acceptors (Lipinski definition) is 7. The summed E-state index contributed by atoms with van der Waals surface area (Å²) in [4.78, 5) is 2.91. The second-order valence-corrected chi connectivity index (χ2v) is 14.1. The summed E-state index contributed by atoms with van der Waals surface area (Å²) < 4.78 is 31.7. The lowest BCUT2D eigenvalue weighted by atomic mass is 9.41. The van der Waals surface area contributed by atoms with Crippen LogP contribution in [0.25, 0.3) is 0 Å². The van der Waals surface area contributed by atoms with Gasteiger partial charge in [0.05, 0.1) is 26.0 Å². The monoisotopic (exact) mass is 532 g/mol. The van der Waals surface area contributed by atoms with E-state index in [1.807, 2.05) is 21.0 Å². The molecule has 6 fully saturated rings. The fraction of sp³-hybridized carbons (Fsp3) is 0.719. The second-order valence-electron chi connectivity index (χ2n) is 14.1. The summed E-state index contributed by atoms with van der Waals surface area (Å²) in [6.45, 7) is 7.69. The molecule has 7 heteroatoms. The number of methoxy groups -OCH3 is 2. The Bertz CT molecular complexity index is 1370. The SMILES string of the molecule is COc1ccc2c3c1OC1C4(OC)CCC5(CC4COCc4c(C)noc4C)C4N(CC6CC6)CC4(C2)CC315. The highest BCUT2D eigenvalue weighted by atomic mass is 16.6. The van der Waals surface area contributed by atoms with Gasteiger partial charge in [0.25, 0.3) is 0 Å². The first-order valence-electron chi connectivity index (χ1n) is 15.1. The van der Waals surface area contributed by atoms with Crippen molar-refractivity contribution in [3.8, 4) is 11.5 Å². The quantitative estimate of drug-likeness (QED) is 0.487. The van der Waals surface area contributed by atoms with Crippen molar-refractivity contribution in [3.63, 3.8) is 0 Å². The minimum Gasteiger partial charge on any atom is -0.493 e. The molecule has 2 aromatic rings. The van der Waals surface area contributed by atoms with Crippen LogP contribution < -0.4 is 9.47 Å². The third kappa shape index (κ3) is 2.56. The van der Waals surface area contributed by atoms with Gasteiger partial charge < -0.3 is 23.5 Å². The molecule has 4 bridgehead atoms. The molecular weight excluding hydrogens is 492 g/mol. The lowest BCUT2D eigenvalue weighted by Gasteiger charge is -2.68. The van der Waals surface area contributed by atoms with Crippen LogP contribution in [0, 0.1) is 36.5 Å².